The molecule has 3 nitrogen and oxygen atoms in total. The van der Waals surface area contributed by atoms with E-state index in [-0.39, 0.29) is 0 Å². The normalized spacial score (nSPS) is 29.2. The summed E-state index contributed by atoms with van der Waals surface area (Å²) in [6, 6.07) is 0.839. The lowest BCUT2D eigenvalue weighted by Crippen LogP contribution is -2.47. The minimum atomic E-state index is 0.393. The molecule has 1 aliphatic rings. The van der Waals surface area contributed by atoms with E-state index in [9.17, 15) is 0 Å². The van der Waals surface area contributed by atoms with Crippen molar-refractivity contribution >= 4 is 11.3 Å². The number of hydrogen-bond acceptors (Lipinski definition) is 4. The molecule has 2 N–H and O–H groups in total. The van der Waals surface area contributed by atoms with E-state index in [0.29, 0.717) is 18.0 Å². The van der Waals surface area contributed by atoms with Crippen LogP contribution >= 0.6 is 11.3 Å². The highest BCUT2D eigenvalue weighted by Gasteiger charge is 2.29. The molecule has 90 valence electrons. The summed E-state index contributed by atoms with van der Waals surface area (Å²) in [6.07, 6.45) is 4.19. The topological polar surface area (TPSA) is 42.2 Å². The third-order valence-corrected chi connectivity index (χ3v) is 4.65. The minimum Gasteiger partial charge on any atom is -0.327 e. The first-order valence-electron chi connectivity index (χ1n) is 6.11. The third kappa shape index (κ3) is 2.44. The van der Waals surface area contributed by atoms with Crippen molar-refractivity contribution in [2.75, 3.05) is 13.1 Å². The lowest BCUT2D eigenvalue weighted by Gasteiger charge is -2.39. The number of aromatic nitrogens is 1. The molecule has 1 saturated heterocycles. The maximum Gasteiger partial charge on any atom is 0.109 e. The van der Waals surface area contributed by atoms with Gasteiger partial charge in [-0.25, -0.2) is 4.98 Å². The second-order valence-electron chi connectivity index (χ2n) is 4.66. The minimum absolute atomic E-state index is 0.393. The Kier molecular flexibility index (Phi) is 3.95. The molecule has 3 unspecified atom stereocenters. The Balaban J connectivity index is 2.00. The van der Waals surface area contributed by atoms with Crippen molar-refractivity contribution < 1.29 is 0 Å². The fourth-order valence-corrected chi connectivity index (χ4v) is 3.19. The Morgan fingerprint density at radius 3 is 3.12 bits per heavy atom. The number of rotatable bonds is 3. The maximum absolute atomic E-state index is 6.13. The van der Waals surface area contributed by atoms with Crippen LogP contribution in [0.3, 0.4) is 0 Å². The second kappa shape index (κ2) is 5.25. The Hall–Kier alpha value is -0.450. The van der Waals surface area contributed by atoms with Crippen molar-refractivity contribution in [3.8, 4) is 0 Å². The van der Waals surface area contributed by atoms with E-state index in [4.69, 9.17) is 5.73 Å². The molecule has 3 atom stereocenters. The molecule has 1 aromatic heterocycles. The fourth-order valence-electron chi connectivity index (χ4n) is 2.46. The predicted octanol–water partition coefficient (Wildman–Crippen LogP) is 2.26. The van der Waals surface area contributed by atoms with Crippen LogP contribution in [-0.4, -0.2) is 29.0 Å². The number of piperidine rings is 1. The lowest BCUT2D eigenvalue weighted by atomic mass is 9.90. The number of nitrogens with zero attached hydrogens (tertiary/aromatic N) is 2. The van der Waals surface area contributed by atoms with Gasteiger partial charge < -0.3 is 5.73 Å². The Morgan fingerprint density at radius 1 is 1.69 bits per heavy atom. The molecule has 1 fully saturated rings. The number of likely N-dealkylation sites (tertiary alicyclic amines) is 1. The van der Waals surface area contributed by atoms with Crippen LogP contribution in [0.15, 0.2) is 11.6 Å². The molecule has 1 aliphatic heterocycles. The van der Waals surface area contributed by atoms with Gasteiger partial charge in [-0.1, -0.05) is 13.3 Å². The highest BCUT2D eigenvalue weighted by molar-refractivity contribution is 7.09. The molecule has 16 heavy (non-hydrogen) atoms. The molecule has 0 radical (unpaired) electrons. The Labute approximate surface area is 102 Å². The summed E-state index contributed by atoms with van der Waals surface area (Å²) in [6.45, 7) is 6.72. The highest BCUT2D eigenvalue weighted by Crippen LogP contribution is 2.28. The summed E-state index contributed by atoms with van der Waals surface area (Å²) in [5.41, 5.74) is 6.13. The second-order valence-corrected chi connectivity index (χ2v) is 5.59. The van der Waals surface area contributed by atoms with Crippen molar-refractivity contribution in [1.82, 2.24) is 9.88 Å². The van der Waals surface area contributed by atoms with Crippen LogP contribution in [0.4, 0.5) is 0 Å². The van der Waals surface area contributed by atoms with Gasteiger partial charge in [-0.2, -0.15) is 0 Å². The standard InChI is InChI=1S/C12H21N3S/c1-3-10-8-15(6-4-11(10)13)9(2)12-14-5-7-16-12/h5,7,9-11H,3-4,6,8,13H2,1-2H3. The monoisotopic (exact) mass is 239 g/mol. The van der Waals surface area contributed by atoms with Gasteiger partial charge >= 0.3 is 0 Å². The molecule has 1 aromatic rings. The third-order valence-electron chi connectivity index (χ3n) is 3.71. The number of thiazole rings is 1. The Bertz CT molecular complexity index is 312. The highest BCUT2D eigenvalue weighted by atomic mass is 32.1. The maximum atomic E-state index is 6.13. The van der Waals surface area contributed by atoms with Gasteiger partial charge in [-0.15, -0.1) is 11.3 Å². The molecule has 2 heterocycles. The van der Waals surface area contributed by atoms with Gasteiger partial charge in [0.15, 0.2) is 0 Å². The summed E-state index contributed by atoms with van der Waals surface area (Å²) in [4.78, 5) is 6.93. The van der Waals surface area contributed by atoms with Crippen LogP contribution in [0.25, 0.3) is 0 Å². The van der Waals surface area contributed by atoms with Crippen LogP contribution in [0.5, 0.6) is 0 Å². The van der Waals surface area contributed by atoms with Crippen LogP contribution in [0.2, 0.25) is 0 Å². The van der Waals surface area contributed by atoms with Crippen LogP contribution < -0.4 is 5.73 Å². The molecule has 2 rings (SSSR count). The van der Waals surface area contributed by atoms with E-state index < -0.39 is 0 Å². The molecular formula is C12H21N3S. The van der Waals surface area contributed by atoms with Crippen molar-refractivity contribution in [1.29, 1.82) is 0 Å². The lowest BCUT2D eigenvalue weighted by molar-refractivity contribution is 0.114. The summed E-state index contributed by atoms with van der Waals surface area (Å²) in [5.74, 6) is 0.649. The van der Waals surface area contributed by atoms with E-state index >= 15 is 0 Å². The van der Waals surface area contributed by atoms with E-state index in [2.05, 4.69) is 29.1 Å². The van der Waals surface area contributed by atoms with Crippen molar-refractivity contribution in [2.24, 2.45) is 11.7 Å². The molecule has 0 saturated carbocycles. The molecule has 0 spiro atoms. The van der Waals surface area contributed by atoms with Gasteiger partial charge in [-0.3, -0.25) is 4.90 Å². The van der Waals surface area contributed by atoms with E-state index in [1.54, 1.807) is 11.3 Å². The zero-order valence-corrected chi connectivity index (χ0v) is 10.9. The first-order chi connectivity index (χ1) is 7.72. The average molecular weight is 239 g/mol. The molecule has 0 aromatic carbocycles. The van der Waals surface area contributed by atoms with Crippen molar-refractivity contribution in [3.05, 3.63) is 16.6 Å². The fraction of sp³-hybridized carbons (Fsp3) is 0.750. The van der Waals surface area contributed by atoms with Crippen LogP contribution in [0.1, 0.15) is 37.7 Å². The van der Waals surface area contributed by atoms with Gasteiger partial charge in [0.05, 0.1) is 6.04 Å². The smallest absolute Gasteiger partial charge is 0.109 e. The first-order valence-corrected chi connectivity index (χ1v) is 6.99. The largest absolute Gasteiger partial charge is 0.327 e. The summed E-state index contributed by atoms with van der Waals surface area (Å²) >= 11 is 1.75. The average Bonchev–Trinajstić information content (AvgIpc) is 2.82. The van der Waals surface area contributed by atoms with Gasteiger partial charge in [0.1, 0.15) is 5.01 Å². The van der Waals surface area contributed by atoms with Gasteiger partial charge in [0, 0.05) is 30.7 Å². The van der Waals surface area contributed by atoms with Crippen molar-refractivity contribution in [2.45, 2.75) is 38.8 Å². The molecule has 4 heteroatoms. The van der Waals surface area contributed by atoms with Crippen LogP contribution in [0, 0.1) is 5.92 Å². The molecule has 0 bridgehead atoms. The Morgan fingerprint density at radius 2 is 2.50 bits per heavy atom. The molecule has 0 amide bonds. The zero-order valence-electron chi connectivity index (χ0n) is 10.1. The van der Waals surface area contributed by atoms with Crippen LogP contribution in [-0.2, 0) is 0 Å². The van der Waals surface area contributed by atoms with E-state index in [0.717, 1.165) is 19.5 Å². The summed E-state index contributed by atoms with van der Waals surface area (Å²) < 4.78 is 0. The number of nitrogens with two attached hydrogens (primary N) is 1. The van der Waals surface area contributed by atoms with E-state index in [1.165, 1.54) is 11.4 Å². The number of hydrogen-bond donors (Lipinski definition) is 1. The molecular weight excluding hydrogens is 218 g/mol. The summed E-state index contributed by atoms with van der Waals surface area (Å²) in [5, 5.41) is 3.28. The quantitative estimate of drug-likeness (QED) is 0.880. The van der Waals surface area contributed by atoms with Gasteiger partial charge in [0.25, 0.3) is 0 Å². The SMILES string of the molecule is CCC1CN(C(C)c2nccs2)CCC1N. The predicted molar refractivity (Wildman–Crippen MR) is 68.5 cm³/mol. The zero-order chi connectivity index (χ0) is 11.5. The van der Waals surface area contributed by atoms with E-state index in [1.807, 2.05) is 6.20 Å². The van der Waals surface area contributed by atoms with Gasteiger partial charge in [0.2, 0.25) is 0 Å². The van der Waals surface area contributed by atoms with Gasteiger partial charge in [-0.05, 0) is 19.3 Å². The molecule has 0 aliphatic carbocycles. The van der Waals surface area contributed by atoms with Crippen molar-refractivity contribution in [3.63, 3.8) is 0 Å². The first kappa shape index (κ1) is 12.0. The summed E-state index contributed by atoms with van der Waals surface area (Å²) in [7, 11) is 0.